The molecule has 0 unspecified atom stereocenters. The lowest BCUT2D eigenvalue weighted by atomic mass is 10.1. The average molecular weight is 278 g/mol. The van der Waals surface area contributed by atoms with E-state index in [4.69, 9.17) is 4.74 Å². The van der Waals surface area contributed by atoms with Gasteiger partial charge in [-0.1, -0.05) is 6.07 Å². The SMILES string of the molecule is CCn1c(CO)nnc1-c1cccc([N+](=O)[O-])c1OC. The Bertz CT molecular complexity index is 638. The van der Waals surface area contributed by atoms with Crippen molar-refractivity contribution in [2.75, 3.05) is 7.11 Å². The van der Waals surface area contributed by atoms with Gasteiger partial charge < -0.3 is 14.4 Å². The number of benzene rings is 1. The molecule has 8 nitrogen and oxygen atoms in total. The van der Waals surface area contributed by atoms with Gasteiger partial charge in [0.2, 0.25) is 5.75 Å². The molecule has 0 saturated heterocycles. The average Bonchev–Trinajstić information content (AvgIpc) is 2.88. The monoisotopic (exact) mass is 278 g/mol. The van der Waals surface area contributed by atoms with E-state index in [1.165, 1.54) is 13.2 Å². The maximum absolute atomic E-state index is 11.0. The molecule has 1 aromatic heterocycles. The predicted molar refractivity (Wildman–Crippen MR) is 70.3 cm³/mol. The van der Waals surface area contributed by atoms with Gasteiger partial charge in [-0.3, -0.25) is 10.1 Å². The van der Waals surface area contributed by atoms with Gasteiger partial charge in [0.1, 0.15) is 6.61 Å². The first-order valence-electron chi connectivity index (χ1n) is 5.98. The standard InChI is InChI=1S/C12H14N4O4/c1-3-15-10(7-17)13-14-12(15)8-5-4-6-9(16(18)19)11(8)20-2/h4-6,17H,3,7H2,1-2H3. The van der Waals surface area contributed by atoms with E-state index in [1.807, 2.05) is 6.92 Å². The number of para-hydroxylation sites is 1. The topological polar surface area (TPSA) is 103 Å². The van der Waals surface area contributed by atoms with E-state index in [2.05, 4.69) is 10.2 Å². The van der Waals surface area contributed by atoms with Gasteiger partial charge in [0.15, 0.2) is 11.6 Å². The van der Waals surface area contributed by atoms with Gasteiger partial charge in [0, 0.05) is 12.6 Å². The third-order valence-electron chi connectivity index (χ3n) is 2.92. The maximum Gasteiger partial charge on any atom is 0.311 e. The number of aliphatic hydroxyl groups is 1. The van der Waals surface area contributed by atoms with Crippen LogP contribution in [0.2, 0.25) is 0 Å². The summed E-state index contributed by atoms with van der Waals surface area (Å²) >= 11 is 0. The molecule has 1 N–H and O–H groups in total. The zero-order valence-corrected chi connectivity index (χ0v) is 11.1. The van der Waals surface area contributed by atoms with Crippen LogP contribution >= 0.6 is 0 Å². The van der Waals surface area contributed by atoms with Crippen LogP contribution in [0.3, 0.4) is 0 Å². The molecule has 0 fully saturated rings. The Hall–Kier alpha value is -2.48. The summed E-state index contributed by atoms with van der Waals surface area (Å²) in [6.07, 6.45) is 0. The van der Waals surface area contributed by atoms with E-state index in [1.54, 1.807) is 16.7 Å². The van der Waals surface area contributed by atoms with Crippen molar-refractivity contribution >= 4 is 5.69 Å². The molecular formula is C12H14N4O4. The molecule has 8 heteroatoms. The van der Waals surface area contributed by atoms with E-state index in [0.717, 1.165) is 0 Å². The quantitative estimate of drug-likeness (QED) is 0.654. The van der Waals surface area contributed by atoms with Crippen molar-refractivity contribution in [2.24, 2.45) is 0 Å². The van der Waals surface area contributed by atoms with Gasteiger partial charge in [-0.25, -0.2) is 0 Å². The molecule has 2 rings (SSSR count). The van der Waals surface area contributed by atoms with Crippen LogP contribution in [0.25, 0.3) is 11.4 Å². The molecule has 0 aliphatic heterocycles. The number of rotatable bonds is 5. The van der Waals surface area contributed by atoms with E-state index in [-0.39, 0.29) is 18.0 Å². The molecule has 0 bridgehead atoms. The number of nitrogens with zero attached hydrogens (tertiary/aromatic N) is 4. The number of aromatic nitrogens is 3. The molecule has 0 amide bonds. The molecule has 1 aromatic carbocycles. The Morgan fingerprint density at radius 3 is 2.75 bits per heavy atom. The van der Waals surface area contributed by atoms with Crippen LogP contribution in [0.15, 0.2) is 18.2 Å². The van der Waals surface area contributed by atoms with Crippen LogP contribution in [-0.4, -0.2) is 31.9 Å². The molecule has 106 valence electrons. The highest BCUT2D eigenvalue weighted by molar-refractivity contribution is 5.71. The summed E-state index contributed by atoms with van der Waals surface area (Å²) in [6, 6.07) is 4.59. The smallest absolute Gasteiger partial charge is 0.311 e. The fraction of sp³-hybridized carbons (Fsp3) is 0.333. The van der Waals surface area contributed by atoms with Crippen molar-refractivity contribution in [3.8, 4) is 17.1 Å². The first-order valence-corrected chi connectivity index (χ1v) is 5.98. The van der Waals surface area contributed by atoms with Gasteiger partial charge in [-0.15, -0.1) is 10.2 Å². The number of nitro benzene ring substituents is 1. The molecular weight excluding hydrogens is 264 g/mol. The summed E-state index contributed by atoms with van der Waals surface area (Å²) in [6.45, 7) is 2.15. The highest BCUT2D eigenvalue weighted by Gasteiger charge is 2.23. The minimum atomic E-state index is -0.512. The second-order valence-electron chi connectivity index (χ2n) is 3.96. The highest BCUT2D eigenvalue weighted by Crippen LogP contribution is 2.36. The lowest BCUT2D eigenvalue weighted by Gasteiger charge is -2.10. The Morgan fingerprint density at radius 2 is 2.20 bits per heavy atom. The molecule has 1 heterocycles. The van der Waals surface area contributed by atoms with Crippen molar-refractivity contribution in [2.45, 2.75) is 20.1 Å². The molecule has 0 aliphatic carbocycles. The van der Waals surface area contributed by atoms with Crippen LogP contribution in [0.5, 0.6) is 5.75 Å². The fourth-order valence-corrected chi connectivity index (χ4v) is 2.04. The van der Waals surface area contributed by atoms with Crippen LogP contribution in [-0.2, 0) is 13.2 Å². The predicted octanol–water partition coefficient (Wildman–Crippen LogP) is 1.37. The second-order valence-corrected chi connectivity index (χ2v) is 3.96. The van der Waals surface area contributed by atoms with Gasteiger partial charge in [-0.2, -0.15) is 0 Å². The molecule has 0 saturated carbocycles. The summed E-state index contributed by atoms with van der Waals surface area (Å²) in [7, 11) is 1.37. The Balaban J connectivity index is 2.67. The Morgan fingerprint density at radius 1 is 1.45 bits per heavy atom. The van der Waals surface area contributed by atoms with Crippen LogP contribution in [0, 0.1) is 10.1 Å². The number of nitro groups is 1. The molecule has 20 heavy (non-hydrogen) atoms. The van der Waals surface area contributed by atoms with Gasteiger partial charge >= 0.3 is 5.69 Å². The number of hydrogen-bond donors (Lipinski definition) is 1. The Kier molecular flexibility index (Phi) is 3.94. The van der Waals surface area contributed by atoms with Crippen LogP contribution < -0.4 is 4.74 Å². The normalized spacial score (nSPS) is 10.6. The fourth-order valence-electron chi connectivity index (χ4n) is 2.04. The first-order chi connectivity index (χ1) is 9.63. The van der Waals surface area contributed by atoms with Crippen LogP contribution in [0.4, 0.5) is 5.69 Å². The van der Waals surface area contributed by atoms with E-state index < -0.39 is 4.92 Å². The van der Waals surface area contributed by atoms with Crippen molar-refractivity contribution in [3.05, 3.63) is 34.1 Å². The summed E-state index contributed by atoms with van der Waals surface area (Å²) in [5.74, 6) is 0.956. The van der Waals surface area contributed by atoms with Crippen molar-refractivity contribution in [1.29, 1.82) is 0 Å². The zero-order chi connectivity index (χ0) is 14.7. The van der Waals surface area contributed by atoms with E-state index in [0.29, 0.717) is 23.8 Å². The number of methoxy groups -OCH3 is 1. The minimum absolute atomic E-state index is 0.129. The van der Waals surface area contributed by atoms with Crippen LogP contribution in [0.1, 0.15) is 12.7 Å². The highest BCUT2D eigenvalue weighted by atomic mass is 16.6. The van der Waals surface area contributed by atoms with Gasteiger partial charge in [0.25, 0.3) is 0 Å². The third kappa shape index (κ3) is 2.21. The lowest BCUT2D eigenvalue weighted by molar-refractivity contribution is -0.385. The summed E-state index contributed by atoms with van der Waals surface area (Å²) in [5.41, 5.74) is 0.331. The molecule has 2 aromatic rings. The van der Waals surface area contributed by atoms with Crippen molar-refractivity contribution in [1.82, 2.24) is 14.8 Å². The summed E-state index contributed by atoms with van der Waals surface area (Å²) in [4.78, 5) is 10.5. The number of aliphatic hydroxyl groups excluding tert-OH is 1. The van der Waals surface area contributed by atoms with E-state index in [9.17, 15) is 15.2 Å². The molecule has 0 atom stereocenters. The summed E-state index contributed by atoms with van der Waals surface area (Å²) < 4.78 is 6.83. The minimum Gasteiger partial charge on any atom is -0.490 e. The molecule has 0 radical (unpaired) electrons. The second kappa shape index (κ2) is 5.66. The lowest BCUT2D eigenvalue weighted by Crippen LogP contribution is -2.05. The molecule has 0 aliphatic rings. The Labute approximate surface area is 114 Å². The zero-order valence-electron chi connectivity index (χ0n) is 11.1. The molecule has 0 spiro atoms. The largest absolute Gasteiger partial charge is 0.490 e. The van der Waals surface area contributed by atoms with Gasteiger partial charge in [0.05, 0.1) is 17.6 Å². The van der Waals surface area contributed by atoms with E-state index >= 15 is 0 Å². The first kappa shape index (κ1) is 13.9. The maximum atomic E-state index is 11.0. The van der Waals surface area contributed by atoms with Gasteiger partial charge in [-0.05, 0) is 13.0 Å². The number of hydrogen-bond acceptors (Lipinski definition) is 6. The number of ether oxygens (including phenoxy) is 1. The van der Waals surface area contributed by atoms with Crippen molar-refractivity contribution < 1.29 is 14.8 Å². The summed E-state index contributed by atoms with van der Waals surface area (Å²) in [5, 5.41) is 28.1. The third-order valence-corrected chi connectivity index (χ3v) is 2.92. The van der Waals surface area contributed by atoms with Crippen molar-refractivity contribution in [3.63, 3.8) is 0 Å².